The van der Waals surface area contributed by atoms with Crippen LogP contribution in [-0.4, -0.2) is 16.2 Å². The second-order valence-corrected chi connectivity index (χ2v) is 4.56. The third-order valence-corrected chi connectivity index (χ3v) is 3.15. The minimum absolute atomic E-state index is 0.266. The molecule has 0 saturated carbocycles. The highest BCUT2D eigenvalue weighted by atomic mass is 79.9. The molecule has 0 aliphatic rings. The summed E-state index contributed by atoms with van der Waals surface area (Å²) in [5, 5.41) is 15.8. The van der Waals surface area contributed by atoms with E-state index < -0.39 is 5.97 Å². The molecule has 0 bridgehead atoms. The number of carboxylic acids is 1. The molecular formula is C12H11BrN2O3. The molecule has 1 heterocycles. The molecule has 18 heavy (non-hydrogen) atoms. The normalized spacial score (nSPS) is 10.5. The molecule has 5 nitrogen and oxygen atoms in total. The van der Waals surface area contributed by atoms with Crippen molar-refractivity contribution < 1.29 is 14.4 Å². The molecule has 6 heteroatoms. The molecule has 0 radical (unpaired) electrons. The van der Waals surface area contributed by atoms with E-state index in [4.69, 9.17) is 9.63 Å². The van der Waals surface area contributed by atoms with E-state index in [1.54, 1.807) is 24.3 Å². The molecule has 0 aliphatic carbocycles. The topological polar surface area (TPSA) is 75.4 Å². The molecule has 0 amide bonds. The lowest BCUT2D eigenvalue weighted by Gasteiger charge is -2.06. The molecule has 0 atom stereocenters. The molecule has 0 spiro atoms. The van der Waals surface area contributed by atoms with Crippen LogP contribution in [0.25, 0.3) is 0 Å². The van der Waals surface area contributed by atoms with Crippen LogP contribution in [0.5, 0.6) is 0 Å². The number of benzene rings is 1. The molecule has 0 aliphatic heterocycles. The van der Waals surface area contributed by atoms with Crippen molar-refractivity contribution in [3.8, 4) is 0 Å². The van der Waals surface area contributed by atoms with Crippen molar-refractivity contribution in [1.82, 2.24) is 10.5 Å². The molecule has 2 N–H and O–H groups in total. The summed E-state index contributed by atoms with van der Waals surface area (Å²) in [5.74, 6) is -0.933. The molecule has 2 aromatic rings. The van der Waals surface area contributed by atoms with Gasteiger partial charge in [0, 0.05) is 23.6 Å². The summed E-state index contributed by atoms with van der Waals surface area (Å²) in [6.07, 6.45) is 1.52. The van der Waals surface area contributed by atoms with Gasteiger partial charge < -0.3 is 14.9 Å². The Morgan fingerprint density at radius 2 is 2.22 bits per heavy atom. The summed E-state index contributed by atoms with van der Waals surface area (Å²) in [7, 11) is 0. The van der Waals surface area contributed by atoms with Gasteiger partial charge in [-0.25, -0.2) is 4.79 Å². The quantitative estimate of drug-likeness (QED) is 0.887. The zero-order valence-corrected chi connectivity index (χ0v) is 11.0. The van der Waals surface area contributed by atoms with Gasteiger partial charge in [0.25, 0.3) is 0 Å². The number of halogens is 1. The average molecular weight is 311 g/mol. The maximum atomic E-state index is 10.8. The number of nitrogens with zero attached hydrogens (tertiary/aromatic N) is 1. The van der Waals surface area contributed by atoms with Gasteiger partial charge in [0.05, 0.1) is 11.3 Å². The number of nitrogens with one attached hydrogen (secondary N) is 1. The molecule has 1 aromatic heterocycles. The lowest BCUT2D eigenvalue weighted by molar-refractivity contribution is 0.0697. The lowest BCUT2D eigenvalue weighted by Crippen LogP contribution is -2.13. The zero-order valence-electron chi connectivity index (χ0n) is 9.39. The number of carbonyl (C=O) groups is 1. The van der Waals surface area contributed by atoms with E-state index in [1.165, 1.54) is 6.26 Å². The van der Waals surface area contributed by atoms with Crippen molar-refractivity contribution >= 4 is 21.9 Å². The maximum absolute atomic E-state index is 10.8. The Bertz CT molecular complexity index is 540. The summed E-state index contributed by atoms with van der Waals surface area (Å²) >= 11 is 3.36. The predicted molar refractivity (Wildman–Crippen MR) is 68.1 cm³/mol. The monoisotopic (exact) mass is 310 g/mol. The maximum Gasteiger partial charge on any atom is 0.335 e. The Balaban J connectivity index is 1.95. The van der Waals surface area contributed by atoms with Crippen LogP contribution < -0.4 is 5.32 Å². The summed E-state index contributed by atoms with van der Waals surface area (Å²) in [4.78, 5) is 10.8. The third kappa shape index (κ3) is 3.18. The van der Waals surface area contributed by atoms with Gasteiger partial charge in [0.1, 0.15) is 6.26 Å². The van der Waals surface area contributed by atoms with Crippen LogP contribution in [0.3, 0.4) is 0 Å². The van der Waals surface area contributed by atoms with Crippen molar-refractivity contribution in [3.63, 3.8) is 0 Å². The minimum Gasteiger partial charge on any atom is -0.478 e. The van der Waals surface area contributed by atoms with Gasteiger partial charge >= 0.3 is 5.97 Å². The number of hydrogen-bond acceptors (Lipinski definition) is 4. The Morgan fingerprint density at radius 1 is 1.39 bits per heavy atom. The Morgan fingerprint density at radius 3 is 2.83 bits per heavy atom. The number of aromatic carboxylic acids is 1. The fourth-order valence-corrected chi connectivity index (χ4v) is 2.00. The lowest BCUT2D eigenvalue weighted by atomic mass is 10.1. The van der Waals surface area contributed by atoms with E-state index >= 15 is 0 Å². The summed E-state index contributed by atoms with van der Waals surface area (Å²) in [5.41, 5.74) is 2.08. The molecule has 0 saturated heterocycles. The van der Waals surface area contributed by atoms with Gasteiger partial charge in [-0.05, 0) is 17.7 Å². The molecule has 2 rings (SSSR count). The van der Waals surface area contributed by atoms with Crippen LogP contribution in [0, 0.1) is 0 Å². The highest BCUT2D eigenvalue weighted by molar-refractivity contribution is 9.10. The van der Waals surface area contributed by atoms with Crippen LogP contribution in [0.15, 0.2) is 39.5 Å². The van der Waals surface area contributed by atoms with E-state index in [9.17, 15) is 4.79 Å². The number of carboxylic acid groups (broad SMARTS) is 1. The fraction of sp³-hybridized carbons (Fsp3) is 0.167. The van der Waals surface area contributed by atoms with Gasteiger partial charge in [-0.1, -0.05) is 27.2 Å². The summed E-state index contributed by atoms with van der Waals surface area (Å²) in [6.45, 7) is 1.22. The van der Waals surface area contributed by atoms with E-state index in [0.29, 0.717) is 13.1 Å². The zero-order chi connectivity index (χ0) is 13.0. The summed E-state index contributed by atoms with van der Waals surface area (Å²) in [6, 6.07) is 6.74. The number of aromatic nitrogens is 1. The smallest absolute Gasteiger partial charge is 0.335 e. The highest BCUT2D eigenvalue weighted by Gasteiger charge is 2.06. The van der Waals surface area contributed by atoms with Crippen LogP contribution in [-0.2, 0) is 13.1 Å². The van der Waals surface area contributed by atoms with Crippen LogP contribution in [0.2, 0.25) is 0 Å². The molecular weight excluding hydrogens is 300 g/mol. The number of rotatable bonds is 5. The first-order valence-electron chi connectivity index (χ1n) is 5.28. The number of hydrogen-bond donors (Lipinski definition) is 2. The van der Waals surface area contributed by atoms with E-state index in [2.05, 4.69) is 26.4 Å². The van der Waals surface area contributed by atoms with Gasteiger partial charge in [-0.2, -0.15) is 0 Å². The predicted octanol–water partition coefficient (Wildman–Crippen LogP) is 2.43. The molecule has 0 fully saturated rings. The Labute approximate surface area is 112 Å². The second-order valence-electron chi connectivity index (χ2n) is 3.71. The SMILES string of the molecule is O=C(O)c1ccc(CNCc2ccon2)c(Br)c1. The Kier molecular flexibility index (Phi) is 4.11. The molecule has 0 unspecified atom stereocenters. The molecule has 1 aromatic carbocycles. The van der Waals surface area contributed by atoms with Crippen LogP contribution >= 0.6 is 15.9 Å². The fourth-order valence-electron chi connectivity index (χ4n) is 1.48. The first-order valence-corrected chi connectivity index (χ1v) is 6.08. The summed E-state index contributed by atoms with van der Waals surface area (Å²) < 4.78 is 5.49. The van der Waals surface area contributed by atoms with Gasteiger partial charge in [-0.15, -0.1) is 0 Å². The van der Waals surface area contributed by atoms with Crippen molar-refractivity contribution in [2.45, 2.75) is 13.1 Å². The highest BCUT2D eigenvalue weighted by Crippen LogP contribution is 2.18. The Hall–Kier alpha value is -1.66. The average Bonchev–Trinajstić information content (AvgIpc) is 2.84. The third-order valence-electron chi connectivity index (χ3n) is 2.41. The van der Waals surface area contributed by atoms with Crippen LogP contribution in [0.4, 0.5) is 0 Å². The van der Waals surface area contributed by atoms with Crippen molar-refractivity contribution in [2.24, 2.45) is 0 Å². The standard InChI is InChI=1S/C12H11BrN2O3/c13-11-5-8(12(16)17)1-2-9(11)6-14-7-10-3-4-18-15-10/h1-5,14H,6-7H2,(H,16,17). The first-order chi connectivity index (χ1) is 8.66. The minimum atomic E-state index is -0.933. The van der Waals surface area contributed by atoms with E-state index in [-0.39, 0.29) is 5.56 Å². The second kappa shape index (κ2) is 5.79. The van der Waals surface area contributed by atoms with E-state index in [0.717, 1.165) is 15.7 Å². The van der Waals surface area contributed by atoms with Crippen molar-refractivity contribution in [2.75, 3.05) is 0 Å². The first kappa shape index (κ1) is 12.8. The van der Waals surface area contributed by atoms with E-state index in [1.807, 2.05) is 0 Å². The van der Waals surface area contributed by atoms with Gasteiger partial charge in [0.2, 0.25) is 0 Å². The van der Waals surface area contributed by atoms with Gasteiger partial charge in [-0.3, -0.25) is 0 Å². The van der Waals surface area contributed by atoms with Crippen LogP contribution in [0.1, 0.15) is 21.6 Å². The van der Waals surface area contributed by atoms with Crippen molar-refractivity contribution in [1.29, 1.82) is 0 Å². The molecule has 94 valence electrons. The largest absolute Gasteiger partial charge is 0.478 e. The van der Waals surface area contributed by atoms with Gasteiger partial charge in [0.15, 0.2) is 0 Å². The van der Waals surface area contributed by atoms with Crippen molar-refractivity contribution in [3.05, 3.63) is 51.8 Å².